The lowest BCUT2D eigenvalue weighted by molar-refractivity contribution is -0.143. The molecule has 82 valence electrons. The van der Waals surface area contributed by atoms with Crippen molar-refractivity contribution in [2.24, 2.45) is 11.8 Å². The van der Waals surface area contributed by atoms with Crippen molar-refractivity contribution >= 4 is 17.6 Å². The van der Waals surface area contributed by atoms with E-state index in [0.717, 1.165) is 0 Å². The Kier molecular flexibility index (Phi) is 4.03. The van der Waals surface area contributed by atoms with Crippen LogP contribution in [0.3, 0.4) is 0 Å². The first-order valence-electron chi connectivity index (χ1n) is 4.70. The Balaban J connectivity index is 2.74. The number of carboxylic acid groups (broad SMARTS) is 1. The summed E-state index contributed by atoms with van der Waals surface area (Å²) in [6.07, 6.45) is 3.33. The molecule has 15 heavy (non-hydrogen) atoms. The first kappa shape index (κ1) is 11.9. The molecule has 1 rings (SSSR count). The fourth-order valence-corrected chi connectivity index (χ4v) is 1.38. The molecule has 4 nitrogen and oxygen atoms in total. The van der Waals surface area contributed by atoms with Crippen LogP contribution in [-0.2, 0) is 11.2 Å². The summed E-state index contributed by atoms with van der Waals surface area (Å²) in [5.41, 5.74) is 0.653. The van der Waals surface area contributed by atoms with Gasteiger partial charge < -0.3 is 5.11 Å². The van der Waals surface area contributed by atoms with Gasteiger partial charge in [-0.25, -0.2) is 4.98 Å². The third kappa shape index (κ3) is 3.47. The second kappa shape index (κ2) is 5.07. The minimum atomic E-state index is -0.804. The molecule has 0 saturated heterocycles. The molecule has 0 aliphatic heterocycles. The van der Waals surface area contributed by atoms with Crippen LogP contribution in [0.1, 0.15) is 19.5 Å². The van der Waals surface area contributed by atoms with Crippen molar-refractivity contribution in [3.05, 3.63) is 23.2 Å². The molecule has 0 bridgehead atoms. The first-order valence-corrected chi connectivity index (χ1v) is 5.07. The molecule has 1 atom stereocenters. The van der Waals surface area contributed by atoms with Crippen LogP contribution in [0.2, 0.25) is 5.15 Å². The van der Waals surface area contributed by atoms with Crippen molar-refractivity contribution in [2.75, 3.05) is 0 Å². The smallest absolute Gasteiger partial charge is 0.307 e. The summed E-state index contributed by atoms with van der Waals surface area (Å²) in [4.78, 5) is 18.8. The van der Waals surface area contributed by atoms with Gasteiger partial charge in [-0.05, 0) is 5.92 Å². The topological polar surface area (TPSA) is 63.1 Å². The minimum Gasteiger partial charge on any atom is -0.481 e. The number of aromatic nitrogens is 2. The largest absolute Gasteiger partial charge is 0.481 e. The average Bonchev–Trinajstić information content (AvgIpc) is 2.15. The van der Waals surface area contributed by atoms with Gasteiger partial charge in [0.05, 0.1) is 24.0 Å². The van der Waals surface area contributed by atoms with Crippen molar-refractivity contribution in [3.63, 3.8) is 0 Å². The van der Waals surface area contributed by atoms with E-state index in [1.165, 1.54) is 12.4 Å². The zero-order chi connectivity index (χ0) is 11.4. The molecule has 0 aliphatic rings. The van der Waals surface area contributed by atoms with E-state index in [1.807, 2.05) is 13.8 Å². The number of hydrogen-bond acceptors (Lipinski definition) is 3. The summed E-state index contributed by atoms with van der Waals surface area (Å²) in [7, 11) is 0. The van der Waals surface area contributed by atoms with E-state index in [4.69, 9.17) is 16.7 Å². The third-order valence-corrected chi connectivity index (χ3v) is 2.42. The second-order valence-electron chi connectivity index (χ2n) is 3.72. The van der Waals surface area contributed by atoms with Gasteiger partial charge >= 0.3 is 5.97 Å². The predicted molar refractivity (Wildman–Crippen MR) is 56.7 cm³/mol. The lowest BCUT2D eigenvalue weighted by Crippen LogP contribution is -2.22. The van der Waals surface area contributed by atoms with Crippen molar-refractivity contribution in [3.8, 4) is 0 Å². The van der Waals surface area contributed by atoms with Gasteiger partial charge in [0.15, 0.2) is 0 Å². The number of rotatable bonds is 4. The standard InChI is InChI=1S/C10H13ClN2O2/c1-6(2)8(10(14)15)3-7-4-13-9(11)5-12-7/h4-6,8H,3H2,1-2H3,(H,14,15). The van der Waals surface area contributed by atoms with Crippen LogP contribution in [0.25, 0.3) is 0 Å². The van der Waals surface area contributed by atoms with Crippen LogP contribution in [-0.4, -0.2) is 21.0 Å². The molecule has 0 saturated carbocycles. The van der Waals surface area contributed by atoms with Gasteiger partial charge in [0.2, 0.25) is 0 Å². The van der Waals surface area contributed by atoms with Gasteiger partial charge in [0.25, 0.3) is 0 Å². The van der Waals surface area contributed by atoms with Crippen LogP contribution in [0.5, 0.6) is 0 Å². The molecule has 0 spiro atoms. The molecule has 5 heteroatoms. The van der Waals surface area contributed by atoms with Gasteiger partial charge in [0, 0.05) is 6.42 Å². The third-order valence-electron chi connectivity index (χ3n) is 2.22. The maximum atomic E-state index is 10.9. The van der Waals surface area contributed by atoms with E-state index in [2.05, 4.69) is 9.97 Å². The van der Waals surface area contributed by atoms with Crippen LogP contribution in [0.15, 0.2) is 12.4 Å². The average molecular weight is 229 g/mol. The van der Waals surface area contributed by atoms with Gasteiger partial charge in [-0.2, -0.15) is 0 Å². The van der Waals surface area contributed by atoms with E-state index in [1.54, 1.807) is 0 Å². The van der Waals surface area contributed by atoms with Crippen molar-refractivity contribution in [1.82, 2.24) is 9.97 Å². The van der Waals surface area contributed by atoms with Gasteiger partial charge in [-0.15, -0.1) is 0 Å². The SMILES string of the molecule is CC(C)C(Cc1cnc(Cl)cn1)C(=O)O. The fraction of sp³-hybridized carbons (Fsp3) is 0.500. The van der Waals surface area contributed by atoms with Gasteiger partial charge in [-0.1, -0.05) is 25.4 Å². The number of carbonyl (C=O) groups is 1. The molecule has 1 aromatic heterocycles. The van der Waals surface area contributed by atoms with Crippen molar-refractivity contribution < 1.29 is 9.90 Å². The molecule has 1 aromatic rings. The Hall–Kier alpha value is -1.16. The van der Waals surface area contributed by atoms with Gasteiger partial charge in [-0.3, -0.25) is 9.78 Å². The lowest BCUT2D eigenvalue weighted by atomic mass is 9.91. The molecule has 1 unspecified atom stereocenters. The highest BCUT2D eigenvalue weighted by atomic mass is 35.5. The molecule has 0 aromatic carbocycles. The van der Waals surface area contributed by atoms with E-state index >= 15 is 0 Å². The van der Waals surface area contributed by atoms with E-state index in [0.29, 0.717) is 17.3 Å². The summed E-state index contributed by atoms with van der Waals surface area (Å²) < 4.78 is 0. The number of nitrogens with zero attached hydrogens (tertiary/aromatic N) is 2. The normalized spacial score (nSPS) is 12.8. The minimum absolute atomic E-state index is 0.0694. The Morgan fingerprint density at radius 2 is 2.13 bits per heavy atom. The van der Waals surface area contributed by atoms with E-state index in [9.17, 15) is 4.79 Å². The number of hydrogen-bond donors (Lipinski definition) is 1. The molecule has 0 amide bonds. The number of carboxylic acids is 1. The van der Waals surface area contributed by atoms with Crippen molar-refractivity contribution in [1.29, 1.82) is 0 Å². The Bertz CT molecular complexity index is 338. The predicted octanol–water partition coefficient (Wildman–Crippen LogP) is 2.03. The zero-order valence-corrected chi connectivity index (χ0v) is 9.40. The van der Waals surface area contributed by atoms with Crippen LogP contribution in [0.4, 0.5) is 0 Å². The molecule has 0 fully saturated rings. The molecular formula is C10H13ClN2O2. The highest BCUT2D eigenvalue weighted by Crippen LogP contribution is 2.16. The summed E-state index contributed by atoms with van der Waals surface area (Å²) >= 11 is 5.58. The molecular weight excluding hydrogens is 216 g/mol. The Labute approximate surface area is 93.3 Å². The summed E-state index contributed by atoms with van der Waals surface area (Å²) in [5.74, 6) is -1.16. The fourth-order valence-electron chi connectivity index (χ4n) is 1.28. The quantitative estimate of drug-likeness (QED) is 0.857. The maximum absolute atomic E-state index is 10.9. The number of aliphatic carboxylic acids is 1. The van der Waals surface area contributed by atoms with Crippen LogP contribution in [0, 0.1) is 11.8 Å². The first-order chi connectivity index (χ1) is 7.00. The summed E-state index contributed by atoms with van der Waals surface area (Å²) in [6, 6.07) is 0. The Morgan fingerprint density at radius 1 is 1.47 bits per heavy atom. The highest BCUT2D eigenvalue weighted by Gasteiger charge is 2.22. The van der Waals surface area contributed by atoms with Crippen LogP contribution < -0.4 is 0 Å². The lowest BCUT2D eigenvalue weighted by Gasteiger charge is -2.14. The van der Waals surface area contributed by atoms with Gasteiger partial charge in [0.1, 0.15) is 5.15 Å². The highest BCUT2D eigenvalue weighted by molar-refractivity contribution is 6.29. The summed E-state index contributed by atoms with van der Waals surface area (Å²) in [5, 5.41) is 9.30. The molecule has 1 N–H and O–H groups in total. The number of halogens is 1. The molecule has 0 radical (unpaired) electrons. The maximum Gasteiger partial charge on any atom is 0.307 e. The monoisotopic (exact) mass is 228 g/mol. The second-order valence-corrected chi connectivity index (χ2v) is 4.11. The molecule has 0 aliphatic carbocycles. The van der Waals surface area contributed by atoms with Crippen LogP contribution >= 0.6 is 11.6 Å². The molecule has 1 heterocycles. The van der Waals surface area contributed by atoms with Crippen molar-refractivity contribution in [2.45, 2.75) is 20.3 Å². The van der Waals surface area contributed by atoms with E-state index < -0.39 is 11.9 Å². The Morgan fingerprint density at radius 3 is 2.53 bits per heavy atom. The van der Waals surface area contributed by atoms with E-state index in [-0.39, 0.29) is 5.92 Å². The zero-order valence-electron chi connectivity index (χ0n) is 8.64. The summed E-state index contributed by atoms with van der Waals surface area (Å²) in [6.45, 7) is 3.75.